The molecular formula is C13H19ClFN. The van der Waals surface area contributed by atoms with Gasteiger partial charge in [0.1, 0.15) is 5.82 Å². The molecule has 0 aliphatic carbocycles. The molecule has 1 atom stereocenters. The predicted octanol–water partition coefficient (Wildman–Crippen LogP) is 4.18. The van der Waals surface area contributed by atoms with Crippen molar-refractivity contribution in [3.8, 4) is 0 Å². The van der Waals surface area contributed by atoms with Gasteiger partial charge in [-0.15, -0.1) is 0 Å². The van der Waals surface area contributed by atoms with Crippen molar-refractivity contribution in [3.63, 3.8) is 0 Å². The third kappa shape index (κ3) is 3.76. The zero-order valence-corrected chi connectivity index (χ0v) is 10.8. The molecule has 0 bridgehead atoms. The van der Waals surface area contributed by atoms with Gasteiger partial charge in [-0.1, -0.05) is 38.4 Å². The Balaban J connectivity index is 2.91. The molecule has 90 valence electrons. The molecule has 1 N–H and O–H groups in total. The molecule has 1 nitrogen and oxygen atoms in total. The minimum absolute atomic E-state index is 0.207. The second-order valence-corrected chi connectivity index (χ2v) is 4.81. The normalized spacial score (nSPS) is 13.1. The first-order valence-electron chi connectivity index (χ1n) is 5.73. The van der Waals surface area contributed by atoms with Crippen LogP contribution in [0.4, 0.5) is 4.39 Å². The Morgan fingerprint density at radius 1 is 1.38 bits per heavy atom. The van der Waals surface area contributed by atoms with Gasteiger partial charge in [-0.3, -0.25) is 0 Å². The number of halogens is 2. The highest BCUT2D eigenvalue weighted by Crippen LogP contribution is 2.28. The van der Waals surface area contributed by atoms with Crippen molar-refractivity contribution >= 4 is 11.6 Å². The van der Waals surface area contributed by atoms with Gasteiger partial charge in [-0.2, -0.15) is 0 Å². The van der Waals surface area contributed by atoms with Gasteiger partial charge in [0.15, 0.2) is 0 Å². The van der Waals surface area contributed by atoms with Crippen LogP contribution < -0.4 is 5.32 Å². The van der Waals surface area contributed by atoms with Gasteiger partial charge in [0.05, 0.1) is 0 Å². The van der Waals surface area contributed by atoms with Crippen molar-refractivity contribution in [2.24, 2.45) is 5.92 Å². The Labute approximate surface area is 102 Å². The number of rotatable bonds is 5. The predicted molar refractivity (Wildman–Crippen MR) is 67.3 cm³/mol. The monoisotopic (exact) mass is 243 g/mol. The van der Waals surface area contributed by atoms with Crippen LogP contribution in [0, 0.1) is 11.7 Å². The van der Waals surface area contributed by atoms with Crippen LogP contribution in [-0.2, 0) is 0 Å². The molecule has 1 aromatic rings. The van der Waals surface area contributed by atoms with E-state index < -0.39 is 0 Å². The molecule has 3 heteroatoms. The van der Waals surface area contributed by atoms with Crippen LogP contribution in [0.1, 0.15) is 38.8 Å². The number of nitrogens with one attached hydrogen (secondary N) is 1. The molecule has 0 fully saturated rings. The Morgan fingerprint density at radius 3 is 2.56 bits per heavy atom. The average Bonchev–Trinajstić information content (AvgIpc) is 2.16. The van der Waals surface area contributed by atoms with E-state index >= 15 is 0 Å². The van der Waals surface area contributed by atoms with Crippen LogP contribution in [0.5, 0.6) is 0 Å². The van der Waals surface area contributed by atoms with Crippen molar-refractivity contribution in [3.05, 3.63) is 34.6 Å². The lowest BCUT2D eigenvalue weighted by Gasteiger charge is -2.21. The molecule has 16 heavy (non-hydrogen) atoms. The molecule has 1 aromatic carbocycles. The van der Waals surface area contributed by atoms with Crippen molar-refractivity contribution < 1.29 is 4.39 Å². The molecule has 0 aliphatic rings. The fraction of sp³-hybridized carbons (Fsp3) is 0.538. The molecule has 0 heterocycles. The maximum absolute atomic E-state index is 13.0. The van der Waals surface area contributed by atoms with Crippen LogP contribution in [0.3, 0.4) is 0 Å². The summed E-state index contributed by atoms with van der Waals surface area (Å²) in [6, 6.07) is 4.82. The zero-order chi connectivity index (χ0) is 12.1. The Morgan fingerprint density at radius 2 is 2.06 bits per heavy atom. The first-order valence-corrected chi connectivity index (χ1v) is 6.10. The van der Waals surface area contributed by atoms with E-state index in [1.54, 1.807) is 6.07 Å². The van der Waals surface area contributed by atoms with E-state index in [1.807, 2.05) is 0 Å². The molecule has 0 spiro atoms. The maximum Gasteiger partial charge on any atom is 0.124 e. The van der Waals surface area contributed by atoms with E-state index in [1.165, 1.54) is 12.1 Å². The van der Waals surface area contributed by atoms with Crippen LogP contribution in [0.2, 0.25) is 5.02 Å². The van der Waals surface area contributed by atoms with Gasteiger partial charge >= 0.3 is 0 Å². The van der Waals surface area contributed by atoms with Gasteiger partial charge in [-0.05, 0) is 36.6 Å². The first kappa shape index (κ1) is 13.5. The second-order valence-electron chi connectivity index (χ2n) is 4.41. The minimum Gasteiger partial charge on any atom is -0.310 e. The minimum atomic E-state index is -0.284. The molecular weight excluding hydrogens is 225 g/mol. The molecule has 1 unspecified atom stereocenters. The van der Waals surface area contributed by atoms with Crippen LogP contribution in [0.15, 0.2) is 18.2 Å². The summed E-state index contributed by atoms with van der Waals surface area (Å²) in [5, 5.41) is 3.89. The highest BCUT2D eigenvalue weighted by Gasteiger charge is 2.15. The summed E-state index contributed by atoms with van der Waals surface area (Å²) in [5.41, 5.74) is 0.985. The molecule has 0 aliphatic heterocycles. The average molecular weight is 244 g/mol. The summed E-state index contributed by atoms with van der Waals surface area (Å²) in [6.07, 6.45) is 0.999. The third-order valence-electron chi connectivity index (χ3n) is 2.50. The highest BCUT2D eigenvalue weighted by molar-refractivity contribution is 6.31. The van der Waals surface area contributed by atoms with Gasteiger partial charge in [-0.25, -0.2) is 4.39 Å². The topological polar surface area (TPSA) is 12.0 Å². The van der Waals surface area contributed by atoms with E-state index in [4.69, 9.17) is 11.6 Å². The number of benzene rings is 1. The van der Waals surface area contributed by atoms with Crippen LogP contribution >= 0.6 is 11.6 Å². The third-order valence-corrected chi connectivity index (χ3v) is 2.82. The first-order chi connectivity index (χ1) is 7.54. The summed E-state index contributed by atoms with van der Waals surface area (Å²) in [4.78, 5) is 0. The van der Waals surface area contributed by atoms with Gasteiger partial charge in [0.2, 0.25) is 0 Å². The van der Waals surface area contributed by atoms with Crippen LogP contribution in [0.25, 0.3) is 0 Å². The smallest absolute Gasteiger partial charge is 0.124 e. The van der Waals surface area contributed by atoms with Crippen molar-refractivity contribution in [2.75, 3.05) is 6.54 Å². The summed E-state index contributed by atoms with van der Waals surface area (Å²) in [6.45, 7) is 7.28. The quantitative estimate of drug-likeness (QED) is 0.818. The standard InChI is InChI=1S/C13H19ClFN/c1-4-16-13(7-9(2)3)11-6-5-10(15)8-12(11)14/h5-6,8-9,13,16H,4,7H2,1-3H3. The zero-order valence-electron chi connectivity index (χ0n) is 10.1. The Bertz CT molecular complexity index is 339. The molecule has 1 rings (SSSR count). The SMILES string of the molecule is CCNC(CC(C)C)c1ccc(F)cc1Cl. The van der Waals surface area contributed by atoms with Crippen LogP contribution in [-0.4, -0.2) is 6.54 Å². The molecule has 0 radical (unpaired) electrons. The van der Waals surface area contributed by atoms with Crippen molar-refractivity contribution in [2.45, 2.75) is 33.2 Å². The van der Waals surface area contributed by atoms with Gasteiger partial charge < -0.3 is 5.32 Å². The number of hydrogen-bond acceptors (Lipinski definition) is 1. The Hall–Kier alpha value is -0.600. The Kier molecular flexibility index (Phi) is 5.23. The fourth-order valence-corrected chi connectivity index (χ4v) is 2.12. The summed E-state index contributed by atoms with van der Waals surface area (Å²) in [5.74, 6) is 0.290. The summed E-state index contributed by atoms with van der Waals surface area (Å²) in [7, 11) is 0. The van der Waals surface area contributed by atoms with Crippen molar-refractivity contribution in [1.29, 1.82) is 0 Å². The molecule has 0 amide bonds. The lowest BCUT2D eigenvalue weighted by atomic mass is 9.97. The van der Waals surface area contributed by atoms with E-state index in [0.717, 1.165) is 18.5 Å². The molecule has 0 saturated heterocycles. The van der Waals surface area contributed by atoms with E-state index in [-0.39, 0.29) is 11.9 Å². The molecule has 0 saturated carbocycles. The maximum atomic E-state index is 13.0. The van der Waals surface area contributed by atoms with E-state index in [0.29, 0.717) is 10.9 Å². The lowest BCUT2D eigenvalue weighted by molar-refractivity contribution is 0.438. The van der Waals surface area contributed by atoms with Gasteiger partial charge in [0.25, 0.3) is 0 Å². The second kappa shape index (κ2) is 6.21. The number of hydrogen-bond donors (Lipinski definition) is 1. The summed E-state index contributed by atoms with van der Waals surface area (Å²) >= 11 is 6.06. The fourth-order valence-electron chi connectivity index (χ4n) is 1.82. The van der Waals surface area contributed by atoms with Crippen molar-refractivity contribution in [1.82, 2.24) is 5.32 Å². The van der Waals surface area contributed by atoms with E-state index in [9.17, 15) is 4.39 Å². The lowest BCUT2D eigenvalue weighted by Crippen LogP contribution is -2.22. The highest BCUT2D eigenvalue weighted by atomic mass is 35.5. The van der Waals surface area contributed by atoms with E-state index in [2.05, 4.69) is 26.1 Å². The van der Waals surface area contributed by atoms with Gasteiger partial charge in [0, 0.05) is 11.1 Å². The summed E-state index contributed by atoms with van der Waals surface area (Å²) < 4.78 is 13.0. The molecule has 0 aromatic heterocycles. The largest absolute Gasteiger partial charge is 0.310 e.